The molecule has 0 rings (SSSR count). The van der Waals surface area contributed by atoms with E-state index in [0.29, 0.717) is 0 Å². The predicted molar refractivity (Wildman–Crippen MR) is 33.1 cm³/mol. The zero-order valence-electron chi connectivity index (χ0n) is 4.66. The van der Waals surface area contributed by atoms with E-state index in [-0.39, 0.29) is 0 Å². The molecule has 3 N–H and O–H groups in total. The van der Waals surface area contributed by atoms with Gasteiger partial charge in [-0.2, -0.15) is 0 Å². The molecule has 0 aromatic heterocycles. The molecular formula is C2H8O5P2. The minimum absolute atomic E-state index is 0.857. The smallest absolute Gasteiger partial charge is 0.229 e. The number of rotatable bonds is 2. The van der Waals surface area contributed by atoms with E-state index < -0.39 is 21.1 Å². The fourth-order valence-electron chi connectivity index (χ4n) is 0.0915. The Balaban J connectivity index is 4.38. The zero-order valence-corrected chi connectivity index (χ0v) is 6.66. The lowest BCUT2D eigenvalue weighted by atomic mass is 10.9. The highest BCUT2D eigenvalue weighted by Gasteiger charge is 2.32. The molecule has 0 amide bonds. The van der Waals surface area contributed by atoms with Crippen molar-refractivity contribution in [2.45, 2.75) is 12.0 Å². The molecule has 2 unspecified atom stereocenters. The van der Waals surface area contributed by atoms with Crippen molar-refractivity contribution in [1.29, 1.82) is 0 Å². The second-order valence-corrected chi connectivity index (χ2v) is 5.35. The fraction of sp³-hybridized carbons (Fsp3) is 1.00. The third-order valence-corrected chi connectivity index (χ3v) is 3.78. The van der Waals surface area contributed by atoms with Gasteiger partial charge in [0.2, 0.25) is 21.1 Å². The van der Waals surface area contributed by atoms with Gasteiger partial charge in [-0.25, -0.2) is 0 Å². The first-order valence-electron chi connectivity index (χ1n) is 2.08. The zero-order chi connectivity index (χ0) is 7.65. The van der Waals surface area contributed by atoms with Gasteiger partial charge in [0.15, 0.2) is 0 Å². The maximum Gasteiger partial charge on any atom is 0.229 e. The summed E-state index contributed by atoms with van der Waals surface area (Å²) in [6.07, 6.45) is 0. The summed E-state index contributed by atoms with van der Waals surface area (Å²) in [5.74, 6) is 0. The van der Waals surface area contributed by atoms with E-state index in [4.69, 9.17) is 14.9 Å². The highest BCUT2D eigenvalue weighted by Crippen LogP contribution is 2.48. The molecule has 2 atom stereocenters. The Kier molecular flexibility index (Phi) is 3.06. The first kappa shape index (κ1) is 9.34. The van der Waals surface area contributed by atoms with Crippen LogP contribution in [-0.2, 0) is 9.13 Å². The highest BCUT2D eigenvalue weighted by atomic mass is 31.2. The summed E-state index contributed by atoms with van der Waals surface area (Å²) in [6, 6.07) is 0. The Morgan fingerprint density at radius 3 is 1.44 bits per heavy atom. The Hall–Kier alpha value is 0.340. The van der Waals surface area contributed by atoms with Crippen LogP contribution in [0.15, 0.2) is 0 Å². The van der Waals surface area contributed by atoms with Gasteiger partial charge in [0.05, 0.1) is 0 Å². The van der Waals surface area contributed by atoms with Gasteiger partial charge in [0.1, 0.15) is 0 Å². The molecule has 0 aliphatic carbocycles. The van der Waals surface area contributed by atoms with Crippen molar-refractivity contribution in [2.24, 2.45) is 0 Å². The van der Waals surface area contributed by atoms with E-state index in [2.05, 4.69) is 0 Å². The van der Waals surface area contributed by atoms with E-state index >= 15 is 0 Å². The molecule has 0 aromatic carbocycles. The molecule has 0 aliphatic heterocycles. The van der Waals surface area contributed by atoms with Gasteiger partial charge < -0.3 is 14.9 Å². The van der Waals surface area contributed by atoms with Crippen molar-refractivity contribution in [1.82, 2.24) is 0 Å². The van der Waals surface area contributed by atoms with Gasteiger partial charge in [-0.1, -0.05) is 0 Å². The number of hydrogen-bond acceptors (Lipinski definition) is 3. The molecule has 0 aliphatic rings. The molecule has 0 fully saturated rings. The average molecular weight is 174 g/mol. The second-order valence-electron chi connectivity index (χ2n) is 1.68. The maximum absolute atomic E-state index is 10.1. The van der Waals surface area contributed by atoms with Crippen LogP contribution in [0.4, 0.5) is 0 Å². The van der Waals surface area contributed by atoms with Crippen LogP contribution in [-0.4, -0.2) is 20.0 Å². The third-order valence-electron chi connectivity index (χ3n) is 0.833. The van der Waals surface area contributed by atoms with E-state index in [1.54, 1.807) is 0 Å². The molecular weight excluding hydrogens is 166 g/mol. The van der Waals surface area contributed by atoms with Gasteiger partial charge in [-0.3, -0.25) is 9.13 Å². The van der Waals surface area contributed by atoms with Crippen LogP contribution in [0, 0.1) is 0 Å². The van der Waals surface area contributed by atoms with Crippen LogP contribution >= 0.6 is 16.1 Å². The number of hydrogen-bond donors (Lipinski definition) is 3. The van der Waals surface area contributed by atoms with Gasteiger partial charge >= 0.3 is 0 Å². The Labute approximate surface area is 53.1 Å². The molecule has 0 radical (unpaired) electrons. The van der Waals surface area contributed by atoms with Crippen molar-refractivity contribution in [3.63, 3.8) is 0 Å². The molecule has 0 aromatic rings. The normalized spacial score (nSPS) is 24.4. The lowest BCUT2D eigenvalue weighted by Gasteiger charge is -2.13. The van der Waals surface area contributed by atoms with E-state index in [1.165, 1.54) is 0 Å². The van der Waals surface area contributed by atoms with Gasteiger partial charge in [-0.05, 0) is 6.92 Å². The van der Waals surface area contributed by atoms with Gasteiger partial charge in [-0.15, -0.1) is 0 Å². The summed E-state index contributed by atoms with van der Waals surface area (Å²) >= 11 is 0. The Bertz CT molecular complexity index is 135. The van der Waals surface area contributed by atoms with Crippen molar-refractivity contribution < 1.29 is 24.0 Å². The van der Waals surface area contributed by atoms with Gasteiger partial charge in [0, 0.05) is 0 Å². The molecule has 0 heterocycles. The van der Waals surface area contributed by atoms with E-state index in [0.717, 1.165) is 6.92 Å². The molecule has 0 saturated carbocycles. The molecule has 0 bridgehead atoms. The maximum atomic E-state index is 10.1. The Morgan fingerprint density at radius 2 is 1.44 bits per heavy atom. The van der Waals surface area contributed by atoms with Crippen LogP contribution < -0.4 is 0 Å². The SMILES string of the molecule is CC(O)([PH](=O)O)[PH](=O)O. The monoisotopic (exact) mass is 174 g/mol. The highest BCUT2D eigenvalue weighted by molar-refractivity contribution is 7.59. The summed E-state index contributed by atoms with van der Waals surface area (Å²) in [6.45, 7) is 0.857. The molecule has 9 heavy (non-hydrogen) atoms. The number of aliphatic hydroxyl groups is 1. The van der Waals surface area contributed by atoms with Crippen LogP contribution in [0.1, 0.15) is 6.92 Å². The lowest BCUT2D eigenvalue weighted by molar-refractivity contribution is 0.201. The third kappa shape index (κ3) is 2.20. The van der Waals surface area contributed by atoms with Crippen LogP contribution in [0.25, 0.3) is 0 Å². The second kappa shape index (κ2) is 2.95. The fourth-order valence-corrected chi connectivity index (χ4v) is 0.823. The Morgan fingerprint density at radius 1 is 1.22 bits per heavy atom. The van der Waals surface area contributed by atoms with E-state index in [1.807, 2.05) is 0 Å². The first-order valence-corrected chi connectivity index (χ1v) is 4.79. The van der Waals surface area contributed by atoms with Crippen molar-refractivity contribution >= 4 is 16.1 Å². The topological polar surface area (TPSA) is 94.8 Å². The predicted octanol–water partition coefficient (Wildman–Crippen LogP) is -0.414. The first-order chi connectivity index (χ1) is 3.89. The van der Waals surface area contributed by atoms with Crippen LogP contribution in [0.3, 0.4) is 0 Å². The van der Waals surface area contributed by atoms with Crippen LogP contribution in [0.2, 0.25) is 0 Å². The minimum atomic E-state index is -3.32. The molecule has 0 spiro atoms. The summed E-state index contributed by atoms with van der Waals surface area (Å²) in [5.41, 5.74) is 0. The van der Waals surface area contributed by atoms with Crippen molar-refractivity contribution in [3.8, 4) is 0 Å². The van der Waals surface area contributed by atoms with Crippen LogP contribution in [0.5, 0.6) is 0 Å². The summed E-state index contributed by atoms with van der Waals surface area (Å²) < 4.78 is 20.1. The standard InChI is InChI=1S/C2H8O5P2/c1-2(3,8(4)5)9(6)7/h3,8-9H,1H3,(H,4,5)(H,6,7). The van der Waals surface area contributed by atoms with Crippen molar-refractivity contribution in [3.05, 3.63) is 0 Å². The van der Waals surface area contributed by atoms with Crippen molar-refractivity contribution in [2.75, 3.05) is 0 Å². The largest absolute Gasteiger partial charge is 0.372 e. The summed E-state index contributed by atoms with van der Waals surface area (Å²) in [4.78, 5) is 16.4. The molecule has 7 heteroatoms. The summed E-state index contributed by atoms with van der Waals surface area (Å²) in [7, 11) is -6.64. The summed E-state index contributed by atoms with van der Waals surface area (Å²) in [5, 5.41) is 6.34. The average Bonchev–Trinajstić information content (AvgIpc) is 1.65. The minimum Gasteiger partial charge on any atom is -0.372 e. The molecule has 56 valence electrons. The molecule has 5 nitrogen and oxygen atoms in total. The lowest BCUT2D eigenvalue weighted by Crippen LogP contribution is -2.11. The van der Waals surface area contributed by atoms with Gasteiger partial charge in [0.25, 0.3) is 0 Å². The quantitative estimate of drug-likeness (QED) is 0.494. The molecule has 0 saturated heterocycles. The van der Waals surface area contributed by atoms with E-state index in [9.17, 15) is 9.13 Å².